The fourth-order valence-corrected chi connectivity index (χ4v) is 4.26. The van der Waals surface area contributed by atoms with Crippen molar-refractivity contribution in [2.75, 3.05) is 24.5 Å². The molecule has 2 heterocycles. The summed E-state index contributed by atoms with van der Waals surface area (Å²) in [6, 6.07) is 5.15. The zero-order valence-electron chi connectivity index (χ0n) is 16.4. The number of halogens is 3. The molecule has 0 aliphatic carbocycles. The number of phenols is 1. The van der Waals surface area contributed by atoms with Gasteiger partial charge in [0.15, 0.2) is 5.82 Å². The molecule has 0 radical (unpaired) electrons. The third kappa shape index (κ3) is 3.31. The van der Waals surface area contributed by atoms with Gasteiger partial charge in [-0.1, -0.05) is 17.7 Å². The van der Waals surface area contributed by atoms with E-state index >= 15 is 4.39 Å². The predicted molar refractivity (Wildman–Crippen MR) is 111 cm³/mol. The number of amides is 1. The Balaban J connectivity index is 1.84. The third-order valence-corrected chi connectivity index (χ3v) is 5.67. The van der Waals surface area contributed by atoms with Gasteiger partial charge in [-0.15, -0.1) is 0 Å². The number of hydrogen-bond donors (Lipinski definition) is 1. The van der Waals surface area contributed by atoms with Crippen LogP contribution in [0.2, 0.25) is 5.02 Å². The molecule has 1 aliphatic heterocycles. The summed E-state index contributed by atoms with van der Waals surface area (Å²) in [4.78, 5) is 23.8. The second-order valence-electron chi connectivity index (χ2n) is 7.28. The average Bonchev–Trinajstić information content (AvgIpc) is 2.69. The summed E-state index contributed by atoms with van der Waals surface area (Å²) in [6.45, 7) is 5.01. The molecule has 1 N–H and O–H groups in total. The lowest BCUT2D eigenvalue weighted by atomic mass is 10.0. The molecule has 0 saturated carbocycles. The molecule has 0 spiro atoms. The van der Waals surface area contributed by atoms with Gasteiger partial charge >= 0.3 is 0 Å². The van der Waals surface area contributed by atoms with E-state index in [1.165, 1.54) is 31.5 Å². The number of nitrogens with zero attached hydrogens (tertiary/aromatic N) is 4. The summed E-state index contributed by atoms with van der Waals surface area (Å²) in [7, 11) is 0. The average molecular weight is 433 g/mol. The first-order valence-corrected chi connectivity index (χ1v) is 9.80. The first kappa shape index (κ1) is 20.3. The number of carbonyl (C=O) groups is 1. The number of piperazine rings is 1. The van der Waals surface area contributed by atoms with Gasteiger partial charge in [0.25, 0.3) is 0 Å². The van der Waals surface area contributed by atoms with Crippen LogP contribution in [0.1, 0.15) is 13.8 Å². The molecule has 1 fully saturated rings. The van der Waals surface area contributed by atoms with Gasteiger partial charge in [0.1, 0.15) is 29.2 Å². The highest BCUT2D eigenvalue weighted by Gasteiger charge is 2.29. The van der Waals surface area contributed by atoms with Crippen molar-refractivity contribution in [2.24, 2.45) is 0 Å². The molecule has 1 aliphatic rings. The largest absolute Gasteiger partial charge is 0.507 e. The van der Waals surface area contributed by atoms with Gasteiger partial charge in [0, 0.05) is 43.5 Å². The van der Waals surface area contributed by atoms with Crippen molar-refractivity contribution >= 4 is 34.2 Å². The molecule has 4 rings (SSSR count). The van der Waals surface area contributed by atoms with E-state index in [0.29, 0.717) is 30.8 Å². The SMILES string of the molecule is CC(=O)N1CCN(c2ncnc3c(F)c(-c4c(O)cccc4F)c(Cl)cc23)C[C@H]1C. The fourth-order valence-electron chi connectivity index (χ4n) is 3.98. The molecule has 1 amide bonds. The maximum absolute atomic E-state index is 15.4. The number of aromatic nitrogens is 2. The van der Waals surface area contributed by atoms with E-state index in [2.05, 4.69) is 9.97 Å². The van der Waals surface area contributed by atoms with Gasteiger partial charge in [0.05, 0.1) is 10.6 Å². The van der Waals surface area contributed by atoms with E-state index in [-0.39, 0.29) is 33.6 Å². The lowest BCUT2D eigenvalue weighted by molar-refractivity contribution is -0.131. The first-order chi connectivity index (χ1) is 14.3. The fraction of sp³-hybridized carbons (Fsp3) is 0.286. The van der Waals surface area contributed by atoms with Crippen LogP contribution < -0.4 is 4.90 Å². The van der Waals surface area contributed by atoms with Gasteiger partial charge in [-0.2, -0.15) is 0 Å². The van der Waals surface area contributed by atoms with Crippen molar-refractivity contribution in [3.63, 3.8) is 0 Å². The second kappa shape index (κ2) is 7.68. The molecular formula is C21H19ClF2N4O2. The third-order valence-electron chi connectivity index (χ3n) is 5.37. The van der Waals surface area contributed by atoms with Crippen molar-refractivity contribution in [2.45, 2.75) is 19.9 Å². The van der Waals surface area contributed by atoms with Crippen molar-refractivity contribution in [1.82, 2.24) is 14.9 Å². The number of benzene rings is 2. The Morgan fingerprint density at radius 3 is 2.67 bits per heavy atom. The van der Waals surface area contributed by atoms with E-state index in [0.717, 1.165) is 6.07 Å². The highest BCUT2D eigenvalue weighted by molar-refractivity contribution is 6.34. The van der Waals surface area contributed by atoms with Crippen molar-refractivity contribution in [3.05, 3.63) is 47.2 Å². The monoisotopic (exact) mass is 432 g/mol. The molecule has 9 heteroatoms. The van der Waals surface area contributed by atoms with E-state index in [1.54, 1.807) is 4.90 Å². The van der Waals surface area contributed by atoms with Gasteiger partial charge in [-0.3, -0.25) is 4.79 Å². The minimum atomic E-state index is -0.836. The van der Waals surface area contributed by atoms with Crippen LogP contribution in [0.15, 0.2) is 30.6 Å². The Kier molecular flexibility index (Phi) is 5.19. The zero-order valence-corrected chi connectivity index (χ0v) is 17.1. The molecule has 1 saturated heterocycles. The van der Waals surface area contributed by atoms with E-state index in [9.17, 15) is 14.3 Å². The minimum absolute atomic E-state index is 0.00174. The van der Waals surface area contributed by atoms with Crippen LogP contribution in [-0.4, -0.2) is 51.6 Å². The highest BCUT2D eigenvalue weighted by atomic mass is 35.5. The summed E-state index contributed by atoms with van der Waals surface area (Å²) >= 11 is 6.35. The standard InChI is InChI=1S/C21H19ClF2N4O2/c1-11-9-27(6-7-28(11)12(2)29)21-13-8-14(22)17(19(24)20(13)25-10-26-21)18-15(23)4-3-5-16(18)30/h3-5,8,10-11,30H,6-7,9H2,1-2H3/t11-/m1/s1. The van der Waals surface area contributed by atoms with Gasteiger partial charge in [0.2, 0.25) is 5.91 Å². The molecule has 1 atom stereocenters. The molecule has 2 aromatic carbocycles. The topological polar surface area (TPSA) is 69.6 Å². The maximum atomic E-state index is 15.4. The molecule has 0 bridgehead atoms. The summed E-state index contributed by atoms with van der Waals surface area (Å²) in [5, 5.41) is 10.4. The molecule has 6 nitrogen and oxygen atoms in total. The summed E-state index contributed by atoms with van der Waals surface area (Å²) in [5.74, 6) is -1.56. The van der Waals surface area contributed by atoms with Crippen molar-refractivity contribution in [1.29, 1.82) is 0 Å². The van der Waals surface area contributed by atoms with Crippen molar-refractivity contribution in [3.8, 4) is 16.9 Å². The predicted octanol–water partition coefficient (Wildman–Crippen LogP) is 3.99. The lowest BCUT2D eigenvalue weighted by Gasteiger charge is -2.40. The van der Waals surface area contributed by atoms with Crippen LogP contribution in [0, 0.1) is 11.6 Å². The van der Waals surface area contributed by atoms with Crippen LogP contribution in [0.3, 0.4) is 0 Å². The maximum Gasteiger partial charge on any atom is 0.219 e. The number of fused-ring (bicyclic) bond motifs is 1. The van der Waals surface area contributed by atoms with E-state index in [4.69, 9.17) is 11.6 Å². The van der Waals surface area contributed by atoms with Crippen LogP contribution in [0.4, 0.5) is 14.6 Å². The smallest absolute Gasteiger partial charge is 0.219 e. The van der Waals surface area contributed by atoms with Crippen LogP contribution in [0.5, 0.6) is 5.75 Å². The second-order valence-corrected chi connectivity index (χ2v) is 7.69. The summed E-state index contributed by atoms with van der Waals surface area (Å²) < 4.78 is 29.8. The molecule has 30 heavy (non-hydrogen) atoms. The van der Waals surface area contributed by atoms with Crippen LogP contribution in [-0.2, 0) is 4.79 Å². The van der Waals surface area contributed by atoms with Crippen LogP contribution >= 0.6 is 11.6 Å². The van der Waals surface area contributed by atoms with Gasteiger partial charge < -0.3 is 14.9 Å². The Morgan fingerprint density at radius 1 is 1.23 bits per heavy atom. The molecule has 3 aromatic rings. The molecular weight excluding hydrogens is 414 g/mol. The molecule has 0 unspecified atom stereocenters. The zero-order chi connectivity index (χ0) is 21.6. The van der Waals surface area contributed by atoms with Gasteiger partial charge in [-0.05, 0) is 25.1 Å². The number of aromatic hydroxyl groups is 1. The van der Waals surface area contributed by atoms with E-state index in [1.807, 2.05) is 11.8 Å². The lowest BCUT2D eigenvalue weighted by Crippen LogP contribution is -2.53. The Bertz CT molecular complexity index is 1140. The Labute approximate surface area is 176 Å². The highest BCUT2D eigenvalue weighted by Crippen LogP contribution is 2.42. The Morgan fingerprint density at radius 2 is 2.00 bits per heavy atom. The van der Waals surface area contributed by atoms with Crippen LogP contribution in [0.25, 0.3) is 22.0 Å². The number of hydrogen-bond acceptors (Lipinski definition) is 5. The summed E-state index contributed by atoms with van der Waals surface area (Å²) in [5.41, 5.74) is -0.589. The quantitative estimate of drug-likeness (QED) is 0.663. The van der Waals surface area contributed by atoms with Crippen molar-refractivity contribution < 1.29 is 18.7 Å². The molecule has 156 valence electrons. The normalized spacial score (nSPS) is 16.9. The first-order valence-electron chi connectivity index (χ1n) is 9.42. The van der Waals surface area contributed by atoms with E-state index < -0.39 is 17.4 Å². The summed E-state index contributed by atoms with van der Waals surface area (Å²) in [6.07, 6.45) is 1.24. The Hall–Kier alpha value is -3.00. The number of anilines is 1. The molecule has 1 aromatic heterocycles. The van der Waals surface area contributed by atoms with Gasteiger partial charge in [-0.25, -0.2) is 18.7 Å². The number of phenolic OH excluding ortho intramolecular Hbond substituents is 1. The minimum Gasteiger partial charge on any atom is -0.507 e. The number of rotatable bonds is 2. The number of carbonyl (C=O) groups excluding carboxylic acids is 1.